The fourth-order valence-electron chi connectivity index (χ4n) is 2.88. The third kappa shape index (κ3) is 3.25. The highest BCUT2D eigenvalue weighted by Gasteiger charge is 2.14. The molecule has 0 saturated heterocycles. The number of thiazole rings is 1. The molecule has 1 aromatic carbocycles. The average molecular weight is 311 g/mol. The van der Waals surface area contributed by atoms with Gasteiger partial charge in [0, 0.05) is 22.8 Å². The highest BCUT2D eigenvalue weighted by molar-refractivity contribution is 7.15. The molecule has 2 heterocycles. The summed E-state index contributed by atoms with van der Waals surface area (Å²) in [6.45, 7) is 4.60. The smallest absolute Gasteiger partial charge is 0.194 e. The summed E-state index contributed by atoms with van der Waals surface area (Å²) < 4.78 is 2.28. The van der Waals surface area contributed by atoms with E-state index in [-0.39, 0.29) is 0 Å². The zero-order valence-corrected chi connectivity index (χ0v) is 14.2. The van der Waals surface area contributed by atoms with Crippen molar-refractivity contribution in [3.05, 3.63) is 47.6 Å². The topological polar surface area (TPSA) is 17.3 Å². The summed E-state index contributed by atoms with van der Waals surface area (Å²) in [6, 6.07) is 11.1. The van der Waals surface area contributed by atoms with Crippen LogP contribution < -0.4 is 0 Å². The van der Waals surface area contributed by atoms with Crippen LogP contribution in [0.2, 0.25) is 0 Å². The lowest BCUT2D eigenvalue weighted by Gasteiger charge is -2.10. The molecule has 115 valence electrons. The lowest BCUT2D eigenvalue weighted by atomic mass is 10.00. The van der Waals surface area contributed by atoms with Crippen LogP contribution >= 0.6 is 11.3 Å². The number of rotatable bonds is 7. The fourth-order valence-corrected chi connectivity index (χ4v) is 3.87. The second-order valence-electron chi connectivity index (χ2n) is 5.98. The van der Waals surface area contributed by atoms with E-state index in [2.05, 4.69) is 48.0 Å². The first-order valence-corrected chi connectivity index (χ1v) is 9.10. The van der Waals surface area contributed by atoms with Crippen molar-refractivity contribution in [2.75, 3.05) is 0 Å². The van der Waals surface area contributed by atoms with E-state index in [9.17, 15) is 0 Å². The maximum absolute atomic E-state index is 4.76. The van der Waals surface area contributed by atoms with Gasteiger partial charge in [-0.2, -0.15) is 0 Å². The predicted octanol–water partition coefficient (Wildman–Crippen LogP) is 5.94. The van der Waals surface area contributed by atoms with Crippen LogP contribution in [-0.4, -0.2) is 9.38 Å². The van der Waals surface area contributed by atoms with Crippen LogP contribution in [-0.2, 0) is 0 Å². The minimum atomic E-state index is 0.594. The monoisotopic (exact) mass is 311 g/mol. The zero-order chi connectivity index (χ0) is 15.4. The van der Waals surface area contributed by atoms with E-state index in [4.69, 9.17) is 4.98 Å². The van der Waals surface area contributed by atoms with E-state index >= 15 is 0 Å². The molecule has 1 unspecified atom stereocenters. The summed E-state index contributed by atoms with van der Waals surface area (Å²) in [5, 5.41) is 2.27. The Bertz CT molecular complexity index is 711. The van der Waals surface area contributed by atoms with E-state index < -0.39 is 0 Å². The molecule has 3 rings (SSSR count). The predicted molar refractivity (Wildman–Crippen MR) is 94.5 cm³/mol. The molecule has 0 saturated carbocycles. The van der Waals surface area contributed by atoms with Crippen LogP contribution in [0, 0.1) is 6.07 Å². The zero-order valence-electron chi connectivity index (χ0n) is 13.4. The van der Waals surface area contributed by atoms with Crippen molar-refractivity contribution in [1.29, 1.82) is 0 Å². The molecule has 0 bridgehead atoms. The largest absolute Gasteiger partial charge is 0.294 e. The first-order valence-electron chi connectivity index (χ1n) is 8.22. The number of hydrogen-bond donors (Lipinski definition) is 0. The van der Waals surface area contributed by atoms with Crippen molar-refractivity contribution in [2.24, 2.45) is 0 Å². The Balaban J connectivity index is 1.78. The lowest BCUT2D eigenvalue weighted by Crippen LogP contribution is -1.97. The van der Waals surface area contributed by atoms with Crippen LogP contribution in [0.5, 0.6) is 0 Å². The second kappa shape index (κ2) is 7.10. The maximum Gasteiger partial charge on any atom is 0.194 e. The van der Waals surface area contributed by atoms with Gasteiger partial charge in [-0.15, -0.1) is 11.3 Å². The van der Waals surface area contributed by atoms with Gasteiger partial charge in [0.1, 0.15) is 0 Å². The number of imidazole rings is 1. The highest BCUT2D eigenvalue weighted by atomic mass is 32.1. The third-order valence-electron chi connectivity index (χ3n) is 4.25. The van der Waals surface area contributed by atoms with Crippen molar-refractivity contribution in [1.82, 2.24) is 9.38 Å². The summed E-state index contributed by atoms with van der Waals surface area (Å²) in [7, 11) is 0. The van der Waals surface area contributed by atoms with Crippen LogP contribution in [0.3, 0.4) is 0 Å². The van der Waals surface area contributed by atoms with Crippen molar-refractivity contribution in [2.45, 2.75) is 51.9 Å². The number of aromatic nitrogens is 2. The Labute approximate surface area is 136 Å². The van der Waals surface area contributed by atoms with E-state index in [0.29, 0.717) is 5.92 Å². The number of benzene rings is 1. The number of nitrogens with zero attached hydrogens (tertiary/aromatic N) is 2. The summed E-state index contributed by atoms with van der Waals surface area (Å²) in [4.78, 5) is 5.86. The first kappa shape index (κ1) is 15.3. The molecule has 0 spiro atoms. The van der Waals surface area contributed by atoms with Gasteiger partial charge in [-0.1, -0.05) is 63.8 Å². The summed E-state index contributed by atoms with van der Waals surface area (Å²) in [6.07, 6.45) is 8.77. The van der Waals surface area contributed by atoms with Gasteiger partial charge in [-0.05, 0) is 18.4 Å². The molecule has 22 heavy (non-hydrogen) atoms. The van der Waals surface area contributed by atoms with Crippen molar-refractivity contribution in [3.63, 3.8) is 0 Å². The Hall–Kier alpha value is -1.61. The maximum atomic E-state index is 4.76. The Morgan fingerprint density at radius 3 is 2.82 bits per heavy atom. The molecule has 0 amide bonds. The number of fused-ring (bicyclic) bond motifs is 1. The third-order valence-corrected chi connectivity index (χ3v) is 5.10. The molecule has 1 atom stereocenters. The molecular weight excluding hydrogens is 288 g/mol. The minimum absolute atomic E-state index is 0.594. The van der Waals surface area contributed by atoms with E-state index in [1.54, 1.807) is 11.3 Å². The molecule has 0 N–H and O–H groups in total. The quantitative estimate of drug-likeness (QED) is 0.494. The standard InChI is InChI=1S/C19H23N2S/c1-3-4-5-7-10-15(2)18-14-22-19-20-17(13-21(18)19)16-11-8-6-9-12-16/h8-9,11-15H,3-5,7,10H2,1-2H3. The van der Waals surface area contributed by atoms with Gasteiger partial charge in [0.05, 0.1) is 5.69 Å². The minimum Gasteiger partial charge on any atom is -0.294 e. The van der Waals surface area contributed by atoms with Crippen molar-refractivity contribution in [3.8, 4) is 11.3 Å². The summed E-state index contributed by atoms with van der Waals surface area (Å²) >= 11 is 1.75. The normalized spacial score (nSPS) is 12.8. The molecule has 3 heteroatoms. The molecule has 0 aliphatic heterocycles. The molecule has 0 aliphatic rings. The van der Waals surface area contributed by atoms with Gasteiger partial charge in [-0.25, -0.2) is 4.98 Å². The van der Waals surface area contributed by atoms with Crippen molar-refractivity contribution < 1.29 is 0 Å². The number of unbranched alkanes of at least 4 members (excludes halogenated alkanes) is 3. The van der Waals surface area contributed by atoms with Crippen molar-refractivity contribution >= 4 is 16.3 Å². The van der Waals surface area contributed by atoms with Gasteiger partial charge in [0.15, 0.2) is 4.96 Å². The molecular formula is C19H23N2S. The van der Waals surface area contributed by atoms with E-state index in [1.807, 2.05) is 12.1 Å². The van der Waals surface area contributed by atoms with Crippen LogP contribution in [0.1, 0.15) is 57.6 Å². The first-order chi connectivity index (χ1) is 10.8. The van der Waals surface area contributed by atoms with E-state index in [1.165, 1.54) is 37.8 Å². The highest BCUT2D eigenvalue weighted by Crippen LogP contribution is 2.29. The van der Waals surface area contributed by atoms with Crippen LogP contribution in [0.15, 0.2) is 35.8 Å². The van der Waals surface area contributed by atoms with Gasteiger partial charge in [0.2, 0.25) is 0 Å². The average Bonchev–Trinajstić information content (AvgIpc) is 3.12. The number of hydrogen-bond acceptors (Lipinski definition) is 2. The Morgan fingerprint density at radius 1 is 1.23 bits per heavy atom. The van der Waals surface area contributed by atoms with Gasteiger partial charge in [-0.3, -0.25) is 4.40 Å². The molecule has 0 aliphatic carbocycles. The second-order valence-corrected chi connectivity index (χ2v) is 6.81. The molecule has 2 aromatic heterocycles. The summed E-state index contributed by atoms with van der Waals surface area (Å²) in [5.41, 5.74) is 3.62. The molecule has 2 nitrogen and oxygen atoms in total. The fraction of sp³-hybridized carbons (Fsp3) is 0.421. The van der Waals surface area contributed by atoms with Crippen LogP contribution in [0.25, 0.3) is 16.2 Å². The SMILES string of the molecule is CCCCCCC(C)c1csc2nc(-c3cc[c]cc3)cn12. The molecule has 1 radical (unpaired) electrons. The Kier molecular flexibility index (Phi) is 4.94. The van der Waals surface area contributed by atoms with Crippen LogP contribution in [0.4, 0.5) is 0 Å². The summed E-state index contributed by atoms with van der Waals surface area (Å²) in [5.74, 6) is 0.594. The molecule has 0 fully saturated rings. The Morgan fingerprint density at radius 2 is 2.05 bits per heavy atom. The van der Waals surface area contributed by atoms with Gasteiger partial charge >= 0.3 is 0 Å². The molecule has 3 aromatic rings. The van der Waals surface area contributed by atoms with E-state index in [0.717, 1.165) is 16.2 Å². The lowest BCUT2D eigenvalue weighted by molar-refractivity contribution is 0.570. The van der Waals surface area contributed by atoms with Gasteiger partial charge < -0.3 is 0 Å². The van der Waals surface area contributed by atoms with Gasteiger partial charge in [0.25, 0.3) is 0 Å².